The maximum atomic E-state index is 15.2. The van der Waals surface area contributed by atoms with Crippen molar-refractivity contribution in [3.8, 4) is 0 Å². The van der Waals surface area contributed by atoms with Gasteiger partial charge in [-0.25, -0.2) is 0 Å². The molecule has 5 rings (SSSR count). The molecule has 3 saturated heterocycles. The van der Waals surface area contributed by atoms with E-state index in [2.05, 4.69) is 13.2 Å². The van der Waals surface area contributed by atoms with Crippen molar-refractivity contribution in [3.05, 3.63) is 90.5 Å². The lowest BCUT2D eigenvalue weighted by Gasteiger charge is -2.40. The number of carbonyl (C=O) groups is 3. The van der Waals surface area contributed by atoms with Gasteiger partial charge in [0.25, 0.3) is 5.91 Å². The van der Waals surface area contributed by atoms with E-state index >= 15 is 4.79 Å². The lowest BCUT2D eigenvalue weighted by atomic mass is 9.62. The molecule has 8 nitrogen and oxygen atoms in total. The second-order valence-electron chi connectivity index (χ2n) is 13.1. The zero-order chi connectivity index (χ0) is 32.7. The molecule has 0 aromatic heterocycles. The molecule has 3 aliphatic heterocycles. The second kappa shape index (κ2) is 12.6. The van der Waals surface area contributed by atoms with Gasteiger partial charge in [-0.15, -0.1) is 13.2 Å². The van der Waals surface area contributed by atoms with Crippen LogP contribution < -0.4 is 4.90 Å². The van der Waals surface area contributed by atoms with Gasteiger partial charge in [0.1, 0.15) is 11.6 Å². The van der Waals surface area contributed by atoms with Gasteiger partial charge in [0.15, 0.2) is 0 Å². The fourth-order valence-corrected chi connectivity index (χ4v) is 8.41. The molecule has 240 valence electrons. The zero-order valence-corrected chi connectivity index (χ0v) is 27.2. The molecule has 2 aromatic rings. The van der Waals surface area contributed by atoms with Crippen molar-refractivity contribution in [1.29, 1.82) is 0 Å². The van der Waals surface area contributed by atoms with E-state index in [1.165, 1.54) is 0 Å². The highest BCUT2D eigenvalue weighted by molar-refractivity contribution is 6.06. The van der Waals surface area contributed by atoms with Crippen LogP contribution in [0.15, 0.2) is 73.8 Å². The summed E-state index contributed by atoms with van der Waals surface area (Å²) in [4.78, 5) is 49.6. The molecule has 1 N–H and O–H groups in total. The maximum absolute atomic E-state index is 15.2. The molecule has 3 unspecified atom stereocenters. The number of nitrogens with zero attached hydrogens (tertiary/aromatic N) is 3. The van der Waals surface area contributed by atoms with E-state index < -0.39 is 41.7 Å². The highest BCUT2D eigenvalue weighted by atomic mass is 16.5. The standard InChI is InChI=1S/C37H47N3O5/c1-8-19-38(20-9-2)33(42)29-30-34(43)40(28(23-41)27-17-12-11-13-18-27)32(37(30)22-26(6)36(29,7)45-37)35(44)39(21-10-3)31-24(4)15-14-16-25(31)5/h8,10-18,26,28-30,32,41H,1,3,9,19-23H2,2,4-7H3/t26?,28-,29+,30+,32?,36-,37?/m1/s1. The van der Waals surface area contributed by atoms with Crippen LogP contribution in [0, 0.1) is 31.6 Å². The van der Waals surface area contributed by atoms with Gasteiger partial charge >= 0.3 is 0 Å². The maximum Gasteiger partial charge on any atom is 0.253 e. The molecule has 3 fully saturated rings. The second-order valence-corrected chi connectivity index (χ2v) is 13.1. The Morgan fingerprint density at radius 2 is 1.71 bits per heavy atom. The topological polar surface area (TPSA) is 90.4 Å². The first-order valence-corrected chi connectivity index (χ1v) is 16.1. The first-order valence-electron chi connectivity index (χ1n) is 16.1. The molecule has 0 aliphatic carbocycles. The first-order chi connectivity index (χ1) is 21.5. The van der Waals surface area contributed by atoms with Gasteiger partial charge in [-0.1, -0.05) is 74.5 Å². The number of aryl methyl sites for hydroxylation is 2. The minimum atomic E-state index is -1.26. The van der Waals surface area contributed by atoms with E-state index in [-0.39, 0.29) is 30.2 Å². The number of para-hydroxylation sites is 1. The van der Waals surface area contributed by atoms with Gasteiger partial charge in [-0.05, 0) is 56.2 Å². The molecule has 0 saturated carbocycles. The van der Waals surface area contributed by atoms with Crippen molar-refractivity contribution in [2.75, 3.05) is 31.1 Å². The molecule has 3 aliphatic rings. The molecule has 2 bridgehead atoms. The van der Waals surface area contributed by atoms with Crippen LogP contribution in [0.1, 0.15) is 56.3 Å². The third-order valence-corrected chi connectivity index (χ3v) is 10.4. The number of carbonyl (C=O) groups excluding carboxylic acids is 3. The minimum absolute atomic E-state index is 0.102. The third kappa shape index (κ3) is 5.03. The minimum Gasteiger partial charge on any atom is -0.394 e. The average Bonchev–Trinajstić information content (AvgIpc) is 3.53. The Kier molecular flexibility index (Phi) is 9.11. The summed E-state index contributed by atoms with van der Waals surface area (Å²) in [6, 6.07) is 13.3. The van der Waals surface area contributed by atoms with E-state index in [1.807, 2.05) is 83.1 Å². The number of benzene rings is 2. The third-order valence-electron chi connectivity index (χ3n) is 10.4. The fourth-order valence-electron chi connectivity index (χ4n) is 8.41. The van der Waals surface area contributed by atoms with Crippen LogP contribution in [0.2, 0.25) is 0 Å². The Balaban J connectivity index is 1.72. The molecule has 45 heavy (non-hydrogen) atoms. The van der Waals surface area contributed by atoms with E-state index in [9.17, 15) is 14.7 Å². The highest BCUT2D eigenvalue weighted by Crippen LogP contribution is 2.66. The number of ether oxygens (including phenoxy) is 1. The summed E-state index contributed by atoms with van der Waals surface area (Å²) in [5.41, 5.74) is 1.10. The number of rotatable bonds is 12. The lowest BCUT2D eigenvalue weighted by molar-refractivity contribution is -0.153. The van der Waals surface area contributed by atoms with Crippen LogP contribution in [0.3, 0.4) is 0 Å². The van der Waals surface area contributed by atoms with Crippen molar-refractivity contribution in [1.82, 2.24) is 9.80 Å². The van der Waals surface area contributed by atoms with Crippen LogP contribution in [0.25, 0.3) is 0 Å². The van der Waals surface area contributed by atoms with Crippen molar-refractivity contribution < 1.29 is 24.2 Å². The van der Waals surface area contributed by atoms with Gasteiger partial charge in [0.05, 0.1) is 30.1 Å². The van der Waals surface area contributed by atoms with Crippen LogP contribution in [0.5, 0.6) is 0 Å². The monoisotopic (exact) mass is 613 g/mol. The first kappa shape index (κ1) is 32.6. The molecular weight excluding hydrogens is 566 g/mol. The van der Waals surface area contributed by atoms with Crippen LogP contribution in [-0.2, 0) is 19.1 Å². The van der Waals surface area contributed by atoms with Crippen molar-refractivity contribution >= 4 is 23.4 Å². The van der Waals surface area contributed by atoms with Crippen LogP contribution in [0.4, 0.5) is 5.69 Å². The van der Waals surface area contributed by atoms with Crippen LogP contribution in [-0.4, -0.2) is 76.1 Å². The SMILES string of the molecule is C=CCN(CCC)C(=O)[C@@H]1[C@H]2C(=O)N([C@H](CO)c3ccccc3)C(C(=O)N(CC=C)c3c(C)cccc3C)C23CC(C)[C@@]1(C)O3. The molecular formula is C37H47N3O5. The normalized spacial score (nSPS) is 28.9. The molecule has 0 radical (unpaired) electrons. The highest BCUT2D eigenvalue weighted by Gasteiger charge is 2.80. The summed E-state index contributed by atoms with van der Waals surface area (Å²) in [5, 5.41) is 10.9. The Bertz CT molecular complexity index is 1460. The predicted molar refractivity (Wildman–Crippen MR) is 175 cm³/mol. The number of aliphatic hydroxyl groups is 1. The number of aliphatic hydroxyl groups excluding tert-OH is 1. The zero-order valence-electron chi connectivity index (χ0n) is 27.2. The predicted octanol–water partition coefficient (Wildman–Crippen LogP) is 4.99. The number of hydrogen-bond donors (Lipinski definition) is 1. The number of fused-ring (bicyclic) bond motifs is 1. The van der Waals surface area contributed by atoms with E-state index in [0.717, 1.165) is 23.2 Å². The molecule has 2 aromatic carbocycles. The van der Waals surface area contributed by atoms with E-state index in [0.29, 0.717) is 25.1 Å². The summed E-state index contributed by atoms with van der Waals surface area (Å²) < 4.78 is 7.02. The Morgan fingerprint density at radius 1 is 1.07 bits per heavy atom. The van der Waals surface area contributed by atoms with E-state index in [1.54, 1.807) is 26.9 Å². The molecule has 8 heteroatoms. The number of amides is 3. The van der Waals surface area contributed by atoms with Gasteiger partial charge in [-0.3, -0.25) is 14.4 Å². The molecule has 3 amide bonds. The smallest absolute Gasteiger partial charge is 0.253 e. The van der Waals surface area contributed by atoms with E-state index in [4.69, 9.17) is 4.74 Å². The lowest BCUT2D eigenvalue weighted by Crippen LogP contribution is -2.58. The molecule has 1 spiro atoms. The largest absolute Gasteiger partial charge is 0.394 e. The van der Waals surface area contributed by atoms with Crippen molar-refractivity contribution in [2.24, 2.45) is 17.8 Å². The number of hydrogen-bond acceptors (Lipinski definition) is 5. The van der Waals surface area contributed by atoms with Gasteiger partial charge < -0.3 is 24.5 Å². The van der Waals surface area contributed by atoms with Gasteiger partial charge in [-0.2, -0.15) is 0 Å². The summed E-state index contributed by atoms with van der Waals surface area (Å²) >= 11 is 0. The summed E-state index contributed by atoms with van der Waals surface area (Å²) in [6.45, 7) is 18.4. The number of anilines is 1. The van der Waals surface area contributed by atoms with Crippen molar-refractivity contribution in [2.45, 2.75) is 70.7 Å². The Labute approximate surface area is 267 Å². The summed E-state index contributed by atoms with van der Waals surface area (Å²) in [7, 11) is 0. The summed E-state index contributed by atoms with van der Waals surface area (Å²) in [6.07, 6.45) is 4.58. The number of likely N-dealkylation sites (tertiary alicyclic amines) is 1. The molecule has 7 atom stereocenters. The van der Waals surface area contributed by atoms with Gasteiger partial charge in [0.2, 0.25) is 11.8 Å². The van der Waals surface area contributed by atoms with Gasteiger partial charge in [0, 0.05) is 25.3 Å². The van der Waals surface area contributed by atoms with Crippen molar-refractivity contribution in [3.63, 3.8) is 0 Å². The average molecular weight is 614 g/mol. The Hall–Kier alpha value is -3.75. The summed E-state index contributed by atoms with van der Waals surface area (Å²) in [5.74, 6) is -2.57. The fraction of sp³-hybridized carbons (Fsp3) is 0.486. The van der Waals surface area contributed by atoms with Crippen LogP contribution >= 0.6 is 0 Å². The quantitative estimate of drug-likeness (QED) is 0.341. The Morgan fingerprint density at radius 3 is 2.29 bits per heavy atom. The molecule has 3 heterocycles.